The zero-order valence-electron chi connectivity index (χ0n) is 20.2. The number of hydrogen-bond donors (Lipinski definition) is 2. The number of rotatable bonds is 7. The van der Waals surface area contributed by atoms with Gasteiger partial charge in [-0.05, 0) is 52.5 Å². The zero-order chi connectivity index (χ0) is 25.5. The maximum absolute atomic E-state index is 13.3. The first-order valence-electron chi connectivity index (χ1n) is 11.2. The van der Waals surface area contributed by atoms with Crippen LogP contribution in [-0.2, 0) is 25.0 Å². The summed E-state index contributed by atoms with van der Waals surface area (Å²) < 4.78 is 41.1. The van der Waals surface area contributed by atoms with E-state index >= 15 is 0 Å². The SMILES string of the molecule is COC(=O)C(C)(C)c1nn2c(-c3cnc(OC)c(S(=O)(=O)NC4CCC(O)CC4)c3)c(C)nc2s1. The fourth-order valence-electron chi connectivity index (χ4n) is 4.16. The number of imidazole rings is 1. The molecule has 1 saturated carbocycles. The molecule has 0 saturated heterocycles. The van der Waals surface area contributed by atoms with Gasteiger partial charge in [-0.15, -0.1) is 0 Å². The lowest BCUT2D eigenvalue weighted by Crippen LogP contribution is -2.38. The first-order chi connectivity index (χ1) is 16.5. The lowest BCUT2D eigenvalue weighted by atomic mass is 9.94. The van der Waals surface area contributed by atoms with Crippen molar-refractivity contribution in [2.24, 2.45) is 0 Å². The Balaban J connectivity index is 1.76. The Bertz CT molecular complexity index is 1360. The molecule has 4 rings (SSSR count). The highest BCUT2D eigenvalue weighted by molar-refractivity contribution is 7.89. The van der Waals surface area contributed by atoms with E-state index in [0.717, 1.165) is 0 Å². The second-order valence-corrected chi connectivity index (χ2v) is 11.8. The van der Waals surface area contributed by atoms with Crippen molar-refractivity contribution in [3.8, 4) is 17.1 Å². The summed E-state index contributed by atoms with van der Waals surface area (Å²) in [4.78, 5) is 21.5. The van der Waals surface area contributed by atoms with Crippen LogP contribution >= 0.6 is 11.3 Å². The summed E-state index contributed by atoms with van der Waals surface area (Å²) in [6.45, 7) is 5.24. The number of pyridine rings is 1. The Morgan fingerprint density at radius 2 is 1.94 bits per heavy atom. The molecule has 1 fully saturated rings. The fourth-order valence-corrected chi connectivity index (χ4v) is 6.64. The van der Waals surface area contributed by atoms with Crippen molar-refractivity contribution < 1.29 is 27.8 Å². The maximum Gasteiger partial charge on any atom is 0.318 e. The summed E-state index contributed by atoms with van der Waals surface area (Å²) >= 11 is 1.26. The second-order valence-electron chi connectivity index (χ2n) is 9.12. The van der Waals surface area contributed by atoms with Crippen LogP contribution in [0.1, 0.15) is 50.2 Å². The molecular formula is C22H29N5O6S2. The summed E-state index contributed by atoms with van der Waals surface area (Å²) in [7, 11) is -1.27. The third-order valence-electron chi connectivity index (χ3n) is 6.20. The topological polar surface area (TPSA) is 145 Å². The normalized spacial score (nSPS) is 19.1. The molecule has 0 unspecified atom stereocenters. The first-order valence-corrected chi connectivity index (χ1v) is 13.5. The summed E-state index contributed by atoms with van der Waals surface area (Å²) in [6, 6.07) is 1.22. The van der Waals surface area contributed by atoms with Gasteiger partial charge in [0.15, 0.2) is 0 Å². The molecule has 190 valence electrons. The van der Waals surface area contributed by atoms with Crippen LogP contribution in [0.25, 0.3) is 16.2 Å². The minimum atomic E-state index is -3.96. The molecule has 2 N–H and O–H groups in total. The number of sulfonamides is 1. The number of nitrogens with one attached hydrogen (secondary N) is 1. The van der Waals surface area contributed by atoms with E-state index in [1.807, 2.05) is 0 Å². The van der Waals surface area contributed by atoms with Crippen LogP contribution in [0.2, 0.25) is 0 Å². The molecular weight excluding hydrogens is 494 g/mol. The smallest absolute Gasteiger partial charge is 0.318 e. The molecule has 3 aromatic heterocycles. The second kappa shape index (κ2) is 9.45. The van der Waals surface area contributed by atoms with Gasteiger partial charge in [-0.3, -0.25) is 4.79 Å². The predicted molar refractivity (Wildman–Crippen MR) is 129 cm³/mol. The Hall–Kier alpha value is -2.61. The van der Waals surface area contributed by atoms with Crippen molar-refractivity contribution >= 4 is 32.3 Å². The molecule has 0 spiro atoms. The number of aryl methyl sites for hydroxylation is 1. The molecule has 0 aliphatic heterocycles. The van der Waals surface area contributed by atoms with Gasteiger partial charge in [0.25, 0.3) is 0 Å². The Kier molecular flexibility index (Phi) is 6.88. The number of aromatic nitrogens is 4. The molecule has 3 heterocycles. The molecule has 13 heteroatoms. The van der Waals surface area contributed by atoms with Crippen molar-refractivity contribution in [3.63, 3.8) is 0 Å². The minimum absolute atomic E-state index is 0.0266. The average molecular weight is 524 g/mol. The van der Waals surface area contributed by atoms with Gasteiger partial charge >= 0.3 is 5.97 Å². The lowest BCUT2D eigenvalue weighted by Gasteiger charge is -2.26. The van der Waals surface area contributed by atoms with E-state index in [1.54, 1.807) is 25.3 Å². The third-order valence-corrected chi connectivity index (χ3v) is 8.95. The number of hydrogen-bond acceptors (Lipinski definition) is 10. The molecule has 1 aliphatic carbocycles. The number of esters is 1. The number of nitrogens with zero attached hydrogens (tertiary/aromatic N) is 4. The molecule has 0 amide bonds. The summed E-state index contributed by atoms with van der Waals surface area (Å²) in [5.41, 5.74) is 0.712. The van der Waals surface area contributed by atoms with Crippen LogP contribution in [0, 0.1) is 6.92 Å². The van der Waals surface area contributed by atoms with Crippen LogP contribution in [-0.4, -0.2) is 65.4 Å². The van der Waals surface area contributed by atoms with E-state index in [1.165, 1.54) is 37.8 Å². The third kappa shape index (κ3) is 4.77. The minimum Gasteiger partial charge on any atom is -0.480 e. The number of carbonyl (C=O) groups is 1. The van der Waals surface area contributed by atoms with Crippen LogP contribution < -0.4 is 9.46 Å². The van der Waals surface area contributed by atoms with Gasteiger partial charge in [-0.25, -0.2) is 27.6 Å². The maximum atomic E-state index is 13.3. The standard InChI is InChI=1S/C22H29N5O6S2/c1-12-17(27-21(24-12)34-19(25-27)22(2,3)20(29)33-5)13-10-16(18(32-4)23-11-13)35(30,31)26-14-6-8-15(28)9-7-14/h10-11,14-15,26,28H,6-9H2,1-5H3. The van der Waals surface area contributed by atoms with E-state index in [0.29, 0.717) is 52.6 Å². The molecule has 1 aliphatic rings. The zero-order valence-corrected chi connectivity index (χ0v) is 21.9. The van der Waals surface area contributed by atoms with Crippen molar-refractivity contribution in [2.75, 3.05) is 14.2 Å². The molecule has 0 radical (unpaired) electrons. The van der Waals surface area contributed by atoms with Gasteiger partial charge in [0.1, 0.15) is 15.3 Å². The predicted octanol–water partition coefficient (Wildman–Crippen LogP) is 2.20. The summed E-state index contributed by atoms with van der Waals surface area (Å²) in [5.74, 6) is -0.449. The van der Waals surface area contributed by atoms with Gasteiger partial charge in [0.2, 0.25) is 20.9 Å². The largest absolute Gasteiger partial charge is 0.480 e. The van der Waals surface area contributed by atoms with Gasteiger partial charge in [-0.1, -0.05) is 11.3 Å². The number of aliphatic hydroxyl groups excluding tert-OH is 1. The number of carbonyl (C=O) groups excluding carboxylic acids is 1. The lowest BCUT2D eigenvalue weighted by molar-refractivity contribution is -0.146. The number of ether oxygens (including phenoxy) is 2. The fraction of sp³-hybridized carbons (Fsp3) is 0.545. The van der Waals surface area contributed by atoms with E-state index < -0.39 is 27.5 Å². The quantitative estimate of drug-likeness (QED) is 0.445. The van der Waals surface area contributed by atoms with Crippen molar-refractivity contribution in [1.82, 2.24) is 24.3 Å². The molecule has 11 nitrogen and oxygen atoms in total. The Morgan fingerprint density at radius 1 is 1.26 bits per heavy atom. The number of aliphatic hydroxyl groups is 1. The highest BCUT2D eigenvalue weighted by Gasteiger charge is 2.36. The van der Waals surface area contributed by atoms with Gasteiger partial charge in [-0.2, -0.15) is 5.10 Å². The first kappa shape index (κ1) is 25.5. The molecule has 35 heavy (non-hydrogen) atoms. The van der Waals surface area contributed by atoms with E-state index in [4.69, 9.17) is 9.47 Å². The van der Waals surface area contributed by atoms with Crippen LogP contribution in [0.5, 0.6) is 5.88 Å². The van der Waals surface area contributed by atoms with Gasteiger partial charge < -0.3 is 14.6 Å². The molecule has 3 aromatic rings. The van der Waals surface area contributed by atoms with Crippen molar-refractivity contribution in [1.29, 1.82) is 0 Å². The summed E-state index contributed by atoms with van der Waals surface area (Å²) in [6.07, 6.45) is 3.31. The van der Waals surface area contributed by atoms with Crippen LogP contribution in [0.3, 0.4) is 0 Å². The monoisotopic (exact) mass is 523 g/mol. The molecule has 0 atom stereocenters. The number of methoxy groups -OCH3 is 2. The van der Waals surface area contributed by atoms with E-state index in [2.05, 4.69) is 19.8 Å². The number of fused-ring (bicyclic) bond motifs is 1. The molecule has 0 bridgehead atoms. The Labute approximate surface area is 207 Å². The van der Waals surface area contributed by atoms with Gasteiger partial charge in [0, 0.05) is 17.8 Å². The van der Waals surface area contributed by atoms with E-state index in [-0.39, 0.29) is 16.8 Å². The van der Waals surface area contributed by atoms with Crippen LogP contribution in [0.4, 0.5) is 0 Å². The van der Waals surface area contributed by atoms with Crippen molar-refractivity contribution in [3.05, 3.63) is 23.0 Å². The highest BCUT2D eigenvalue weighted by Crippen LogP contribution is 2.35. The van der Waals surface area contributed by atoms with Crippen LogP contribution in [0.15, 0.2) is 17.2 Å². The molecule has 0 aromatic carbocycles. The van der Waals surface area contributed by atoms with Crippen molar-refractivity contribution in [2.45, 2.75) is 68.9 Å². The van der Waals surface area contributed by atoms with E-state index in [9.17, 15) is 18.3 Å². The van der Waals surface area contributed by atoms with Gasteiger partial charge in [0.05, 0.1) is 31.7 Å². The highest BCUT2D eigenvalue weighted by atomic mass is 32.2. The Morgan fingerprint density at radius 3 is 2.57 bits per heavy atom. The summed E-state index contributed by atoms with van der Waals surface area (Å²) in [5, 5.41) is 14.9. The average Bonchev–Trinajstić information content (AvgIpc) is 3.36.